The van der Waals surface area contributed by atoms with Crippen molar-refractivity contribution in [1.82, 2.24) is 0 Å². The van der Waals surface area contributed by atoms with Crippen LogP contribution in [0.5, 0.6) is 0 Å². The molecular weight excluding hydrogens is 223 g/mol. The van der Waals surface area contributed by atoms with Crippen LogP contribution in [0.1, 0.15) is 66.0 Å². The Balaban J connectivity index is 0. The molecule has 0 aromatic heterocycles. The normalized spacial score (nSPS) is 8.44. The van der Waals surface area contributed by atoms with Gasteiger partial charge in [-0.2, -0.15) is 0 Å². The predicted molar refractivity (Wildman–Crippen MR) is 82.4 cm³/mol. The molecule has 0 aliphatic heterocycles. The van der Waals surface area contributed by atoms with Crippen molar-refractivity contribution in [2.75, 3.05) is 0 Å². The molecule has 0 unspecified atom stereocenters. The maximum Gasteiger partial charge on any atom is 0.123 e. The molecule has 0 heterocycles. The van der Waals surface area contributed by atoms with E-state index in [0.717, 1.165) is 18.4 Å². The molecule has 1 aromatic carbocycles. The lowest BCUT2D eigenvalue weighted by Crippen LogP contribution is -1.90. The topological polar surface area (TPSA) is 0 Å². The minimum Gasteiger partial charge on any atom is -0.207 e. The van der Waals surface area contributed by atoms with E-state index < -0.39 is 0 Å². The second kappa shape index (κ2) is 12.3. The first kappa shape index (κ1) is 19.2. The van der Waals surface area contributed by atoms with Crippen molar-refractivity contribution >= 4 is 6.08 Å². The summed E-state index contributed by atoms with van der Waals surface area (Å²) in [5.74, 6) is -0.155. The number of hydrogen-bond acceptors (Lipinski definition) is 0. The summed E-state index contributed by atoms with van der Waals surface area (Å²) in [5, 5.41) is 0. The van der Waals surface area contributed by atoms with E-state index in [1.807, 2.05) is 53.7 Å². The number of hydrogen-bond donors (Lipinski definition) is 0. The lowest BCUT2D eigenvalue weighted by Gasteiger charge is -2.05. The largest absolute Gasteiger partial charge is 0.207 e. The van der Waals surface area contributed by atoms with Gasteiger partial charge in [0.05, 0.1) is 0 Å². The minimum absolute atomic E-state index is 0.155. The zero-order valence-corrected chi connectivity index (χ0v) is 13.1. The standard InChI is InChI=1S/C13H17F.2C2H6/c1-4-5-11-6-7-13(14)9-12(11)8-10(2)3;2*1-2/h6-9H,4-5H2,1-3H3;2*1-2H3. The third-order valence-electron chi connectivity index (χ3n) is 2.07. The van der Waals surface area contributed by atoms with E-state index in [1.165, 1.54) is 17.2 Å². The molecule has 0 bridgehead atoms. The number of halogens is 1. The molecule has 0 fully saturated rings. The highest BCUT2D eigenvalue weighted by Crippen LogP contribution is 2.16. The Kier molecular flexibility index (Phi) is 13.2. The zero-order chi connectivity index (χ0) is 14.6. The molecule has 0 nitrogen and oxygen atoms in total. The highest BCUT2D eigenvalue weighted by molar-refractivity contribution is 5.56. The fraction of sp³-hybridized carbons (Fsp3) is 0.529. The Morgan fingerprint density at radius 2 is 1.67 bits per heavy atom. The third kappa shape index (κ3) is 8.05. The van der Waals surface area contributed by atoms with Crippen LogP contribution in [0.4, 0.5) is 4.39 Å². The molecule has 0 aliphatic rings. The molecule has 18 heavy (non-hydrogen) atoms. The van der Waals surface area contributed by atoms with Gasteiger partial charge in [-0.25, -0.2) is 4.39 Å². The minimum atomic E-state index is -0.155. The lowest BCUT2D eigenvalue weighted by molar-refractivity contribution is 0.626. The Bertz CT molecular complexity index is 333. The summed E-state index contributed by atoms with van der Waals surface area (Å²) in [7, 11) is 0. The van der Waals surface area contributed by atoms with Gasteiger partial charge in [0.2, 0.25) is 0 Å². The fourth-order valence-electron chi connectivity index (χ4n) is 1.51. The molecule has 0 N–H and O–H groups in total. The molecule has 0 spiro atoms. The van der Waals surface area contributed by atoms with Gasteiger partial charge in [-0.1, -0.05) is 58.8 Å². The smallest absolute Gasteiger partial charge is 0.123 e. The SMILES string of the molecule is CC.CC.CCCc1ccc(F)cc1C=C(C)C. The zero-order valence-electron chi connectivity index (χ0n) is 13.1. The fourth-order valence-corrected chi connectivity index (χ4v) is 1.51. The quantitative estimate of drug-likeness (QED) is 0.596. The van der Waals surface area contributed by atoms with Crippen LogP contribution in [0, 0.1) is 5.82 Å². The van der Waals surface area contributed by atoms with Crippen LogP contribution >= 0.6 is 0 Å². The van der Waals surface area contributed by atoms with E-state index in [1.54, 1.807) is 6.07 Å². The van der Waals surface area contributed by atoms with Crippen LogP contribution in [0.3, 0.4) is 0 Å². The molecular formula is C17H29F. The average molecular weight is 252 g/mol. The molecule has 0 aliphatic carbocycles. The van der Waals surface area contributed by atoms with Crippen LogP contribution in [-0.2, 0) is 6.42 Å². The predicted octanol–water partition coefficient (Wildman–Crippen LogP) is 6.25. The Hall–Kier alpha value is -1.11. The van der Waals surface area contributed by atoms with Gasteiger partial charge in [-0.15, -0.1) is 0 Å². The summed E-state index contributed by atoms with van der Waals surface area (Å²) in [4.78, 5) is 0. The van der Waals surface area contributed by atoms with E-state index in [4.69, 9.17) is 0 Å². The first-order chi connectivity index (χ1) is 8.63. The molecule has 104 valence electrons. The number of aryl methyl sites for hydroxylation is 1. The summed E-state index contributed by atoms with van der Waals surface area (Å²) in [5.41, 5.74) is 3.45. The summed E-state index contributed by atoms with van der Waals surface area (Å²) in [6, 6.07) is 5.03. The molecule has 1 rings (SSSR count). The van der Waals surface area contributed by atoms with Gasteiger partial charge in [-0.3, -0.25) is 0 Å². The van der Waals surface area contributed by atoms with Crippen LogP contribution < -0.4 is 0 Å². The average Bonchev–Trinajstić information content (AvgIpc) is 2.37. The first-order valence-corrected chi connectivity index (χ1v) is 7.07. The number of benzene rings is 1. The number of allylic oxidation sites excluding steroid dienone is 1. The van der Waals surface area contributed by atoms with Crippen molar-refractivity contribution < 1.29 is 4.39 Å². The van der Waals surface area contributed by atoms with Gasteiger partial charge in [-0.05, 0) is 43.5 Å². The van der Waals surface area contributed by atoms with Crippen molar-refractivity contribution in [3.05, 3.63) is 40.7 Å². The van der Waals surface area contributed by atoms with Crippen molar-refractivity contribution in [3.63, 3.8) is 0 Å². The summed E-state index contributed by atoms with van der Waals surface area (Å²) in [6.45, 7) is 14.2. The van der Waals surface area contributed by atoms with Crippen molar-refractivity contribution in [2.24, 2.45) is 0 Å². The van der Waals surface area contributed by atoms with E-state index in [9.17, 15) is 4.39 Å². The number of rotatable bonds is 3. The van der Waals surface area contributed by atoms with Gasteiger partial charge in [0, 0.05) is 0 Å². The van der Waals surface area contributed by atoms with Crippen molar-refractivity contribution in [3.8, 4) is 0 Å². The Morgan fingerprint density at radius 3 is 2.11 bits per heavy atom. The Morgan fingerprint density at radius 1 is 1.11 bits per heavy atom. The molecule has 0 radical (unpaired) electrons. The maximum absolute atomic E-state index is 13.0. The van der Waals surface area contributed by atoms with Crippen molar-refractivity contribution in [1.29, 1.82) is 0 Å². The van der Waals surface area contributed by atoms with Gasteiger partial charge in [0.1, 0.15) is 5.82 Å². The van der Waals surface area contributed by atoms with Crippen LogP contribution in [0.15, 0.2) is 23.8 Å². The molecule has 0 amide bonds. The summed E-state index contributed by atoms with van der Waals surface area (Å²) >= 11 is 0. The second-order valence-electron chi connectivity index (χ2n) is 3.81. The highest BCUT2D eigenvalue weighted by atomic mass is 19.1. The second-order valence-corrected chi connectivity index (χ2v) is 3.81. The van der Waals surface area contributed by atoms with Gasteiger partial charge < -0.3 is 0 Å². The van der Waals surface area contributed by atoms with Crippen LogP contribution in [-0.4, -0.2) is 0 Å². The van der Waals surface area contributed by atoms with Gasteiger partial charge in [0.25, 0.3) is 0 Å². The molecule has 0 atom stereocenters. The van der Waals surface area contributed by atoms with E-state index in [2.05, 4.69) is 6.92 Å². The van der Waals surface area contributed by atoms with Crippen LogP contribution in [0.2, 0.25) is 0 Å². The lowest BCUT2D eigenvalue weighted by atomic mass is 10.0. The maximum atomic E-state index is 13.0. The van der Waals surface area contributed by atoms with E-state index in [-0.39, 0.29) is 5.82 Å². The summed E-state index contributed by atoms with van der Waals surface area (Å²) < 4.78 is 13.0. The van der Waals surface area contributed by atoms with Crippen molar-refractivity contribution in [2.45, 2.75) is 61.3 Å². The molecule has 0 saturated carbocycles. The third-order valence-corrected chi connectivity index (χ3v) is 2.07. The molecule has 1 aromatic rings. The molecule has 1 heteroatoms. The van der Waals surface area contributed by atoms with E-state index >= 15 is 0 Å². The van der Waals surface area contributed by atoms with E-state index in [0.29, 0.717) is 0 Å². The summed E-state index contributed by atoms with van der Waals surface area (Å²) in [6.07, 6.45) is 4.14. The highest BCUT2D eigenvalue weighted by Gasteiger charge is 2.00. The Labute approximate surface area is 113 Å². The van der Waals surface area contributed by atoms with Gasteiger partial charge in [0.15, 0.2) is 0 Å². The molecule has 0 saturated heterocycles. The first-order valence-electron chi connectivity index (χ1n) is 7.07. The monoisotopic (exact) mass is 252 g/mol. The van der Waals surface area contributed by atoms with Crippen LogP contribution in [0.25, 0.3) is 6.08 Å². The van der Waals surface area contributed by atoms with Gasteiger partial charge >= 0.3 is 0 Å².